The molecule has 0 aromatic heterocycles. The zero-order valence-electron chi connectivity index (χ0n) is 12.9. The Morgan fingerprint density at radius 3 is 2.55 bits per heavy atom. The van der Waals surface area contributed by atoms with Gasteiger partial charge >= 0.3 is 0 Å². The van der Waals surface area contributed by atoms with Crippen LogP contribution in [0.4, 0.5) is 0 Å². The van der Waals surface area contributed by atoms with E-state index >= 15 is 0 Å². The fourth-order valence-corrected chi connectivity index (χ4v) is 2.05. The van der Waals surface area contributed by atoms with Crippen LogP contribution in [0.3, 0.4) is 0 Å². The normalized spacial score (nSPS) is 15.9. The van der Waals surface area contributed by atoms with Crippen LogP contribution in [0, 0.1) is 0 Å². The molecule has 0 spiro atoms. The first-order valence-electron chi connectivity index (χ1n) is 7.62. The molecule has 1 aliphatic rings. The van der Waals surface area contributed by atoms with E-state index in [4.69, 9.17) is 9.47 Å². The zero-order valence-corrected chi connectivity index (χ0v) is 12.9. The molecule has 1 saturated carbocycles. The summed E-state index contributed by atoms with van der Waals surface area (Å²) >= 11 is 0. The van der Waals surface area contributed by atoms with Crippen molar-refractivity contribution in [2.75, 3.05) is 13.2 Å². The van der Waals surface area contributed by atoms with Gasteiger partial charge in [0.2, 0.25) is 0 Å². The third kappa shape index (κ3) is 5.14. The van der Waals surface area contributed by atoms with Gasteiger partial charge in [0, 0.05) is 17.6 Å². The molecule has 112 valence electrons. The third-order valence-electron chi connectivity index (χ3n) is 3.53. The second-order valence-corrected chi connectivity index (χ2v) is 6.48. The van der Waals surface area contributed by atoms with Crippen molar-refractivity contribution in [1.29, 1.82) is 0 Å². The minimum absolute atomic E-state index is 0.112. The predicted molar refractivity (Wildman–Crippen MR) is 82.1 cm³/mol. The van der Waals surface area contributed by atoms with E-state index in [9.17, 15) is 0 Å². The molecule has 1 fully saturated rings. The Hall–Kier alpha value is -1.06. The van der Waals surface area contributed by atoms with Crippen molar-refractivity contribution in [1.82, 2.24) is 5.32 Å². The first kappa shape index (κ1) is 15.3. The number of hydrogen-bond donors (Lipinski definition) is 1. The van der Waals surface area contributed by atoms with E-state index in [0.29, 0.717) is 19.3 Å². The average Bonchev–Trinajstić information content (AvgIpc) is 2.34. The summed E-state index contributed by atoms with van der Waals surface area (Å²) in [5.74, 6) is 0.960. The minimum Gasteiger partial charge on any atom is -0.491 e. The molecule has 0 aliphatic heterocycles. The molecule has 0 heterocycles. The van der Waals surface area contributed by atoms with Crippen molar-refractivity contribution in [2.45, 2.75) is 58.2 Å². The molecule has 2 rings (SSSR count). The molecule has 0 bridgehead atoms. The second kappa shape index (κ2) is 7.09. The maximum atomic E-state index is 5.86. The smallest absolute Gasteiger partial charge is 0.123 e. The van der Waals surface area contributed by atoms with Crippen LogP contribution in [0.2, 0.25) is 0 Å². The van der Waals surface area contributed by atoms with Crippen molar-refractivity contribution in [3.05, 3.63) is 29.8 Å². The Bertz CT molecular complexity index is 408. The first-order valence-corrected chi connectivity index (χ1v) is 7.62. The summed E-state index contributed by atoms with van der Waals surface area (Å²) in [7, 11) is 0. The van der Waals surface area contributed by atoms with Gasteiger partial charge in [-0.05, 0) is 46.1 Å². The fourth-order valence-electron chi connectivity index (χ4n) is 2.05. The van der Waals surface area contributed by atoms with Crippen LogP contribution in [-0.2, 0) is 11.3 Å². The van der Waals surface area contributed by atoms with Crippen molar-refractivity contribution in [3.63, 3.8) is 0 Å². The van der Waals surface area contributed by atoms with E-state index in [1.54, 1.807) is 0 Å². The van der Waals surface area contributed by atoms with Gasteiger partial charge in [-0.1, -0.05) is 18.2 Å². The molecule has 0 saturated heterocycles. The molecule has 0 atom stereocenters. The minimum atomic E-state index is 0.112. The summed E-state index contributed by atoms with van der Waals surface area (Å²) in [5, 5.41) is 3.49. The van der Waals surface area contributed by atoms with Gasteiger partial charge in [0.05, 0.1) is 12.7 Å². The van der Waals surface area contributed by atoms with Crippen LogP contribution >= 0.6 is 0 Å². The van der Waals surface area contributed by atoms with Crippen LogP contribution in [-0.4, -0.2) is 24.9 Å². The van der Waals surface area contributed by atoms with Crippen LogP contribution < -0.4 is 10.1 Å². The van der Waals surface area contributed by atoms with Gasteiger partial charge in [0.25, 0.3) is 0 Å². The molecule has 1 aromatic carbocycles. The summed E-state index contributed by atoms with van der Waals surface area (Å²) in [5.41, 5.74) is 1.31. The van der Waals surface area contributed by atoms with Gasteiger partial charge in [-0.3, -0.25) is 0 Å². The number of benzene rings is 1. The SMILES string of the molecule is CC(C)(C)NCc1ccccc1OCCOC1CCC1. The molecule has 0 amide bonds. The quantitative estimate of drug-likeness (QED) is 0.774. The maximum Gasteiger partial charge on any atom is 0.123 e. The van der Waals surface area contributed by atoms with E-state index in [0.717, 1.165) is 12.3 Å². The summed E-state index contributed by atoms with van der Waals surface area (Å²) in [6, 6.07) is 8.21. The maximum absolute atomic E-state index is 5.86. The molecule has 1 aliphatic carbocycles. The molecule has 1 N–H and O–H groups in total. The van der Waals surface area contributed by atoms with E-state index < -0.39 is 0 Å². The van der Waals surface area contributed by atoms with E-state index in [-0.39, 0.29) is 5.54 Å². The first-order chi connectivity index (χ1) is 9.54. The fraction of sp³-hybridized carbons (Fsp3) is 0.647. The number of nitrogens with one attached hydrogen (secondary N) is 1. The van der Waals surface area contributed by atoms with E-state index in [2.05, 4.69) is 38.2 Å². The lowest BCUT2D eigenvalue weighted by molar-refractivity contribution is -0.0105. The Balaban J connectivity index is 1.77. The van der Waals surface area contributed by atoms with Gasteiger partial charge < -0.3 is 14.8 Å². The van der Waals surface area contributed by atoms with Crippen LogP contribution in [0.1, 0.15) is 45.6 Å². The molecular weight excluding hydrogens is 250 g/mol. The Labute approximate surface area is 122 Å². The lowest BCUT2D eigenvalue weighted by atomic mass is 9.96. The molecule has 1 aromatic rings. The average molecular weight is 277 g/mol. The number of para-hydroxylation sites is 1. The number of rotatable bonds is 7. The van der Waals surface area contributed by atoms with Crippen molar-refractivity contribution in [2.24, 2.45) is 0 Å². The molecule has 3 heteroatoms. The molecule has 20 heavy (non-hydrogen) atoms. The topological polar surface area (TPSA) is 30.5 Å². The van der Waals surface area contributed by atoms with Gasteiger partial charge in [-0.25, -0.2) is 0 Å². The monoisotopic (exact) mass is 277 g/mol. The highest BCUT2D eigenvalue weighted by Gasteiger charge is 2.17. The summed E-state index contributed by atoms with van der Waals surface area (Å²) in [6.07, 6.45) is 4.22. The van der Waals surface area contributed by atoms with E-state index in [1.807, 2.05) is 12.1 Å². The van der Waals surface area contributed by atoms with Crippen LogP contribution in [0.25, 0.3) is 0 Å². The summed E-state index contributed by atoms with van der Waals surface area (Å²) in [6.45, 7) is 8.65. The third-order valence-corrected chi connectivity index (χ3v) is 3.53. The number of hydrogen-bond acceptors (Lipinski definition) is 3. The standard InChI is InChI=1S/C17H27NO2/c1-17(2,3)18-13-14-7-4-5-10-16(14)20-12-11-19-15-8-6-9-15/h4-5,7,10,15,18H,6,8-9,11-13H2,1-3H3. The summed E-state index contributed by atoms with van der Waals surface area (Å²) in [4.78, 5) is 0. The molecule has 0 unspecified atom stereocenters. The summed E-state index contributed by atoms with van der Waals surface area (Å²) < 4.78 is 11.6. The molecular formula is C17H27NO2. The number of ether oxygens (including phenoxy) is 2. The van der Waals surface area contributed by atoms with Gasteiger partial charge in [0.1, 0.15) is 12.4 Å². The Morgan fingerprint density at radius 2 is 1.90 bits per heavy atom. The highest BCUT2D eigenvalue weighted by molar-refractivity contribution is 5.33. The predicted octanol–water partition coefficient (Wildman–Crippen LogP) is 3.52. The lowest BCUT2D eigenvalue weighted by Gasteiger charge is -2.25. The lowest BCUT2D eigenvalue weighted by Crippen LogP contribution is -2.35. The van der Waals surface area contributed by atoms with Crippen molar-refractivity contribution < 1.29 is 9.47 Å². The molecule has 3 nitrogen and oxygen atoms in total. The highest BCUT2D eigenvalue weighted by Crippen LogP contribution is 2.22. The van der Waals surface area contributed by atoms with E-state index in [1.165, 1.54) is 24.8 Å². The molecule has 0 radical (unpaired) electrons. The zero-order chi connectivity index (χ0) is 14.4. The van der Waals surface area contributed by atoms with Crippen LogP contribution in [0.15, 0.2) is 24.3 Å². The van der Waals surface area contributed by atoms with Gasteiger partial charge in [-0.2, -0.15) is 0 Å². The van der Waals surface area contributed by atoms with Crippen molar-refractivity contribution in [3.8, 4) is 5.75 Å². The van der Waals surface area contributed by atoms with Crippen molar-refractivity contribution >= 4 is 0 Å². The second-order valence-electron chi connectivity index (χ2n) is 6.48. The highest BCUT2D eigenvalue weighted by atomic mass is 16.5. The largest absolute Gasteiger partial charge is 0.491 e. The Kier molecular flexibility index (Phi) is 5.44. The van der Waals surface area contributed by atoms with Gasteiger partial charge in [0.15, 0.2) is 0 Å². The van der Waals surface area contributed by atoms with Gasteiger partial charge in [-0.15, -0.1) is 0 Å². The van der Waals surface area contributed by atoms with Crippen LogP contribution in [0.5, 0.6) is 5.75 Å². The Morgan fingerprint density at radius 1 is 1.15 bits per heavy atom.